The molecule has 6 nitrogen and oxygen atoms in total. The van der Waals surface area contributed by atoms with Crippen molar-refractivity contribution in [1.82, 2.24) is 18.3 Å². The van der Waals surface area contributed by atoms with Crippen molar-refractivity contribution in [2.75, 3.05) is 0 Å². The lowest BCUT2D eigenvalue weighted by atomic mass is 10.1. The van der Waals surface area contributed by atoms with Crippen LogP contribution in [-0.2, 0) is 0 Å². The topological polar surface area (TPSA) is 46.0 Å². The van der Waals surface area contributed by atoms with Crippen LogP contribution in [0.4, 0.5) is 0 Å². The van der Waals surface area contributed by atoms with Gasteiger partial charge in [-0.2, -0.15) is 0 Å². The summed E-state index contributed by atoms with van der Waals surface area (Å²) in [5.41, 5.74) is 17.1. The molecule has 0 atom stereocenters. The minimum atomic E-state index is 0.882. The van der Waals surface area contributed by atoms with Crippen LogP contribution in [0.15, 0.2) is 239 Å². The lowest BCUT2D eigenvalue weighted by Crippen LogP contribution is -2.01. The van der Waals surface area contributed by atoms with Crippen LogP contribution in [-0.4, -0.2) is 18.3 Å². The zero-order valence-corrected chi connectivity index (χ0v) is 38.5. The van der Waals surface area contributed by atoms with Crippen LogP contribution < -0.4 is 0 Å². The van der Waals surface area contributed by atoms with E-state index in [2.05, 4.69) is 237 Å². The molecule has 17 aromatic rings. The van der Waals surface area contributed by atoms with Gasteiger partial charge in [-0.25, -0.2) is 0 Å². The van der Waals surface area contributed by atoms with Crippen LogP contribution in [0.3, 0.4) is 0 Å². The molecule has 0 amide bonds. The Bertz CT molecular complexity index is 4860. The Hall–Kier alpha value is -9.78. The molecule has 6 heterocycles. The number of benzene rings is 11. The highest BCUT2D eigenvalue weighted by Crippen LogP contribution is 2.45. The van der Waals surface area contributed by atoms with E-state index in [1.54, 1.807) is 0 Å². The maximum absolute atomic E-state index is 6.36. The second-order valence-corrected chi connectivity index (χ2v) is 19.2. The van der Waals surface area contributed by atoms with Crippen LogP contribution >= 0.6 is 0 Å². The molecule has 0 aliphatic carbocycles. The number of furan rings is 2. The van der Waals surface area contributed by atoms with E-state index in [9.17, 15) is 0 Å². The number of hydrogen-bond acceptors (Lipinski definition) is 2. The molecule has 0 unspecified atom stereocenters. The van der Waals surface area contributed by atoms with E-state index in [0.29, 0.717) is 0 Å². The largest absolute Gasteiger partial charge is 0.456 e. The zero-order valence-electron chi connectivity index (χ0n) is 38.5. The Labute approximate surface area is 409 Å². The van der Waals surface area contributed by atoms with Crippen molar-refractivity contribution in [1.29, 1.82) is 0 Å². The summed E-state index contributed by atoms with van der Waals surface area (Å²) >= 11 is 0. The van der Waals surface area contributed by atoms with E-state index in [1.807, 2.05) is 12.1 Å². The Balaban J connectivity index is 0.970. The summed E-state index contributed by atoms with van der Waals surface area (Å²) in [6, 6.07) is 83.8. The van der Waals surface area contributed by atoms with E-state index in [1.165, 1.54) is 43.1 Å². The van der Waals surface area contributed by atoms with Crippen molar-refractivity contribution in [3.8, 4) is 22.7 Å². The Kier molecular flexibility index (Phi) is 7.38. The molecular weight excluding hydrogens is 881 g/mol. The van der Waals surface area contributed by atoms with Crippen molar-refractivity contribution >= 4 is 131 Å². The Morgan fingerprint density at radius 2 is 0.486 bits per heavy atom. The summed E-state index contributed by atoms with van der Waals surface area (Å²) in [5, 5.41) is 14.1. The molecule has 0 aliphatic rings. The molecular formula is C66H38N4O2. The summed E-state index contributed by atoms with van der Waals surface area (Å²) in [5.74, 6) is 0. The van der Waals surface area contributed by atoms with Crippen molar-refractivity contribution in [3.63, 3.8) is 0 Å². The fourth-order valence-corrected chi connectivity index (χ4v) is 12.6. The summed E-state index contributed by atoms with van der Waals surface area (Å²) < 4.78 is 22.7. The Morgan fingerprint density at radius 3 is 0.847 bits per heavy atom. The number of aromatic nitrogens is 4. The summed E-state index contributed by atoms with van der Waals surface area (Å²) in [6.45, 7) is 0. The second-order valence-electron chi connectivity index (χ2n) is 19.2. The zero-order chi connectivity index (χ0) is 46.8. The van der Waals surface area contributed by atoms with Gasteiger partial charge in [0, 0.05) is 87.4 Å². The minimum Gasteiger partial charge on any atom is -0.456 e. The Morgan fingerprint density at radius 1 is 0.194 bits per heavy atom. The smallest absolute Gasteiger partial charge is 0.135 e. The van der Waals surface area contributed by atoms with Crippen LogP contribution in [0.2, 0.25) is 0 Å². The number of rotatable bonds is 4. The molecule has 72 heavy (non-hydrogen) atoms. The van der Waals surface area contributed by atoms with Gasteiger partial charge in [0.25, 0.3) is 0 Å². The third kappa shape index (κ3) is 4.97. The van der Waals surface area contributed by atoms with Crippen LogP contribution in [0.5, 0.6) is 0 Å². The lowest BCUT2D eigenvalue weighted by molar-refractivity contribution is 0.668. The maximum Gasteiger partial charge on any atom is 0.135 e. The molecule has 0 aliphatic heterocycles. The van der Waals surface area contributed by atoms with Gasteiger partial charge in [0.1, 0.15) is 22.3 Å². The highest BCUT2D eigenvalue weighted by atomic mass is 16.3. The van der Waals surface area contributed by atoms with Gasteiger partial charge in [-0.05, 0) is 91.0 Å². The first kappa shape index (κ1) is 38.1. The maximum atomic E-state index is 6.36. The lowest BCUT2D eigenvalue weighted by Gasteiger charge is -2.15. The van der Waals surface area contributed by atoms with Gasteiger partial charge in [0.05, 0.1) is 44.1 Å². The first-order valence-corrected chi connectivity index (χ1v) is 24.6. The first-order valence-electron chi connectivity index (χ1n) is 24.6. The predicted octanol–water partition coefficient (Wildman–Crippen LogP) is 17.9. The molecule has 11 aromatic carbocycles. The number of para-hydroxylation sites is 6. The molecule has 334 valence electrons. The van der Waals surface area contributed by atoms with Gasteiger partial charge in [-0.15, -0.1) is 0 Å². The van der Waals surface area contributed by atoms with Crippen LogP contribution in [0, 0.1) is 0 Å². The van der Waals surface area contributed by atoms with Gasteiger partial charge in [-0.3, -0.25) is 0 Å². The molecule has 6 heteroatoms. The quantitative estimate of drug-likeness (QED) is 0.177. The summed E-state index contributed by atoms with van der Waals surface area (Å²) in [4.78, 5) is 0. The fraction of sp³-hybridized carbons (Fsp3) is 0. The third-order valence-corrected chi connectivity index (χ3v) is 15.5. The molecule has 0 bridgehead atoms. The average molecular weight is 919 g/mol. The molecule has 0 saturated heterocycles. The van der Waals surface area contributed by atoms with Crippen LogP contribution in [0.25, 0.3) is 154 Å². The number of fused-ring (bicyclic) bond motifs is 20. The van der Waals surface area contributed by atoms with Crippen LogP contribution in [0.1, 0.15) is 0 Å². The molecule has 17 rings (SSSR count). The third-order valence-electron chi connectivity index (χ3n) is 15.5. The fourth-order valence-electron chi connectivity index (χ4n) is 12.6. The van der Waals surface area contributed by atoms with Crippen molar-refractivity contribution in [2.45, 2.75) is 0 Å². The average Bonchev–Trinajstić information content (AvgIpc) is 4.28. The van der Waals surface area contributed by atoms with Gasteiger partial charge >= 0.3 is 0 Å². The first-order chi connectivity index (χ1) is 35.7. The van der Waals surface area contributed by atoms with E-state index in [0.717, 1.165) is 111 Å². The molecule has 0 fully saturated rings. The van der Waals surface area contributed by atoms with E-state index in [4.69, 9.17) is 8.83 Å². The van der Waals surface area contributed by atoms with E-state index in [-0.39, 0.29) is 0 Å². The van der Waals surface area contributed by atoms with Gasteiger partial charge in [-0.1, -0.05) is 140 Å². The van der Waals surface area contributed by atoms with Gasteiger partial charge < -0.3 is 27.1 Å². The van der Waals surface area contributed by atoms with Crippen molar-refractivity contribution in [3.05, 3.63) is 231 Å². The summed E-state index contributed by atoms with van der Waals surface area (Å²) in [7, 11) is 0. The summed E-state index contributed by atoms with van der Waals surface area (Å²) in [6.07, 6.45) is 0. The number of hydrogen-bond donors (Lipinski definition) is 0. The molecule has 0 radical (unpaired) electrons. The van der Waals surface area contributed by atoms with Crippen molar-refractivity contribution in [2.24, 2.45) is 0 Å². The number of nitrogens with zero attached hydrogens (tertiary/aromatic N) is 4. The monoisotopic (exact) mass is 918 g/mol. The highest BCUT2D eigenvalue weighted by molar-refractivity contribution is 6.26. The van der Waals surface area contributed by atoms with E-state index >= 15 is 0 Å². The SMILES string of the molecule is c1cc(-n2c3ccccc3c3ccc4c5ccccc5n(-c5ccc6oc7ccccc7c6c5)c4c32)cc(-n2c3ccccc3c3ccc4c5ccccc5n(-c5ccc6oc7ccccc7c6c5)c4c32)c1. The molecule has 6 aromatic heterocycles. The standard InChI is InChI=1S/C66H38N4O2/c1-7-22-55-43(16-1)49-30-32-51-45-18-3-9-24-57(45)69(41-28-34-61-53(37-41)47-20-5-11-26-59(47)71-61)65(51)63(49)67(55)39-14-13-15-40(36-39)68-56-23-8-2-17-44(56)50-31-33-52-46-19-4-10-25-58(46)70(66(52)64(50)68)42-29-35-62-54(38-42)48-21-6-12-27-60(48)72-62/h1-38H. The molecule has 0 saturated carbocycles. The normalized spacial score (nSPS) is 12.4. The van der Waals surface area contributed by atoms with Gasteiger partial charge in [0.2, 0.25) is 0 Å². The van der Waals surface area contributed by atoms with E-state index < -0.39 is 0 Å². The van der Waals surface area contributed by atoms with Gasteiger partial charge in [0.15, 0.2) is 0 Å². The van der Waals surface area contributed by atoms with Crippen molar-refractivity contribution < 1.29 is 8.83 Å². The highest BCUT2D eigenvalue weighted by Gasteiger charge is 2.25. The predicted molar refractivity (Wildman–Crippen MR) is 298 cm³/mol. The molecule has 0 spiro atoms. The minimum absolute atomic E-state index is 0.882. The molecule has 0 N–H and O–H groups in total. The second kappa shape index (κ2) is 13.9.